The Morgan fingerprint density at radius 3 is 2.64 bits per heavy atom. The van der Waals surface area contributed by atoms with Gasteiger partial charge in [0.2, 0.25) is 0 Å². The summed E-state index contributed by atoms with van der Waals surface area (Å²) in [6.07, 6.45) is -0.349. The summed E-state index contributed by atoms with van der Waals surface area (Å²) in [5.74, 6) is 0. The molecule has 0 atom stereocenters. The van der Waals surface area contributed by atoms with Crippen LogP contribution in [0.5, 0.6) is 0 Å². The van der Waals surface area contributed by atoms with E-state index >= 15 is 0 Å². The average Bonchev–Trinajstić information content (AvgIpc) is 2.74. The molecule has 0 fully saturated rings. The monoisotopic (exact) mass is 360 g/mol. The highest BCUT2D eigenvalue weighted by atomic mass is 32.1. The van der Waals surface area contributed by atoms with Gasteiger partial charge in [0, 0.05) is 20.6 Å². The molecule has 2 aromatic rings. The van der Waals surface area contributed by atoms with Crippen LogP contribution >= 0.6 is 32.0 Å². The van der Waals surface area contributed by atoms with Gasteiger partial charge in [0.25, 0.3) is 0 Å². The quantitative estimate of drug-likeness (QED) is 0.419. The molecule has 0 aliphatic rings. The molecule has 0 saturated carbocycles. The van der Waals surface area contributed by atoms with Crippen LogP contribution in [0.25, 0.3) is 11.0 Å². The highest BCUT2D eigenvalue weighted by Gasteiger charge is 2.18. The Bertz CT molecular complexity index is 808. The first-order valence-electron chi connectivity index (χ1n) is 6.39. The molecule has 0 unspecified atom stereocenters. The van der Waals surface area contributed by atoms with Crippen LogP contribution in [0.4, 0.5) is 0 Å². The molecule has 10 heteroatoms. The van der Waals surface area contributed by atoms with E-state index in [1.165, 1.54) is 0 Å². The number of rotatable bonds is 4. The van der Waals surface area contributed by atoms with Crippen molar-refractivity contribution in [3.05, 3.63) is 28.0 Å². The third-order valence-electron chi connectivity index (χ3n) is 2.99. The zero-order chi connectivity index (χ0) is 16.5. The Balaban J connectivity index is 2.37. The van der Waals surface area contributed by atoms with Crippen LogP contribution in [0.15, 0.2) is 12.1 Å². The predicted molar refractivity (Wildman–Crippen MR) is 92.4 cm³/mol. The first-order valence-corrected chi connectivity index (χ1v) is 9.00. The topological polar surface area (TPSA) is 104 Å². The summed E-state index contributed by atoms with van der Waals surface area (Å²) in [4.78, 5) is 26.1. The van der Waals surface area contributed by atoms with E-state index in [0.29, 0.717) is 33.0 Å². The lowest BCUT2D eigenvalue weighted by molar-refractivity contribution is 0.372. The maximum Gasteiger partial charge on any atom is 0.329 e. The lowest BCUT2D eigenvalue weighted by atomic mass is 10.1. The van der Waals surface area contributed by atoms with Crippen LogP contribution in [0.3, 0.4) is 0 Å². The van der Waals surface area contributed by atoms with Gasteiger partial charge in [-0.1, -0.05) is 6.07 Å². The summed E-state index contributed by atoms with van der Waals surface area (Å²) < 4.78 is 11.7. The van der Waals surface area contributed by atoms with Gasteiger partial charge < -0.3 is 30.0 Å². The van der Waals surface area contributed by atoms with Crippen molar-refractivity contribution >= 4 is 48.2 Å². The largest absolute Gasteiger partial charge is 0.359 e. The van der Waals surface area contributed by atoms with E-state index in [4.69, 9.17) is 24.4 Å². The van der Waals surface area contributed by atoms with Crippen molar-refractivity contribution in [2.24, 2.45) is 0 Å². The van der Waals surface area contributed by atoms with Gasteiger partial charge in [0.15, 0.2) is 9.88 Å². The zero-order valence-electron chi connectivity index (χ0n) is 12.1. The van der Waals surface area contributed by atoms with Gasteiger partial charge in [-0.3, -0.25) is 4.57 Å². The molecule has 0 spiro atoms. The maximum atomic E-state index is 11.3. The molecule has 5 N–H and O–H groups in total. The van der Waals surface area contributed by atoms with Crippen molar-refractivity contribution in [2.45, 2.75) is 12.7 Å². The summed E-state index contributed by atoms with van der Waals surface area (Å²) >= 11 is 10.2. The van der Waals surface area contributed by atoms with Gasteiger partial charge in [-0.15, -0.1) is 0 Å². The van der Waals surface area contributed by atoms with E-state index in [0.717, 1.165) is 5.56 Å². The Morgan fingerprint density at radius 2 is 2.05 bits per heavy atom. The van der Waals surface area contributed by atoms with Crippen LogP contribution in [0, 0.1) is 4.77 Å². The molecule has 0 radical (unpaired) electrons. The standard InChI is InChI=1S/C12H17N4O3PS2/c1-16(2)12(22)13-5-7-3-8(6-20(17,18)19)10-9(4-7)14-11(21)15-10/h3-4H,5-6H2,1-2H3,(H,13,22)(H2,14,15,21)(H2,17,18,19). The van der Waals surface area contributed by atoms with Gasteiger partial charge in [0.1, 0.15) is 0 Å². The minimum absolute atomic E-state index is 0.349. The van der Waals surface area contributed by atoms with E-state index in [2.05, 4.69) is 15.3 Å². The molecular formula is C12H17N4O3PS2. The number of nitrogens with zero attached hydrogens (tertiary/aromatic N) is 1. The number of H-pyrrole nitrogens is 2. The summed E-state index contributed by atoms with van der Waals surface area (Å²) in [5, 5.41) is 3.66. The smallest absolute Gasteiger partial charge is 0.329 e. The molecule has 22 heavy (non-hydrogen) atoms. The highest BCUT2D eigenvalue weighted by molar-refractivity contribution is 7.80. The highest BCUT2D eigenvalue weighted by Crippen LogP contribution is 2.40. The number of aromatic amines is 2. The molecule has 1 heterocycles. The van der Waals surface area contributed by atoms with Gasteiger partial charge in [-0.05, 0) is 41.6 Å². The fourth-order valence-electron chi connectivity index (χ4n) is 2.07. The fraction of sp³-hybridized carbons (Fsp3) is 0.333. The van der Waals surface area contributed by atoms with Crippen LogP contribution in [0.2, 0.25) is 0 Å². The van der Waals surface area contributed by atoms with Gasteiger partial charge in [0.05, 0.1) is 17.2 Å². The SMILES string of the molecule is CN(C)C(=S)NCc1cc(CP(=O)(O)O)c2[nH]c(=S)[nH]c2c1. The second kappa shape index (κ2) is 6.47. The third-order valence-corrected chi connectivity index (χ3v) is 4.46. The fourth-order valence-corrected chi connectivity index (χ4v) is 3.04. The molecule has 0 bridgehead atoms. The lowest BCUT2D eigenvalue weighted by Gasteiger charge is -2.16. The van der Waals surface area contributed by atoms with E-state index in [9.17, 15) is 14.4 Å². The summed E-state index contributed by atoms with van der Waals surface area (Å²) in [6, 6.07) is 3.61. The number of hydrogen-bond donors (Lipinski definition) is 5. The Hall–Kier alpha value is -1.25. The third kappa shape index (κ3) is 4.37. The molecule has 1 aromatic heterocycles. The van der Waals surface area contributed by atoms with Gasteiger partial charge in [-0.25, -0.2) is 0 Å². The molecule has 1 aromatic carbocycles. The molecule has 2 rings (SSSR count). The number of nitrogens with one attached hydrogen (secondary N) is 3. The number of imidazole rings is 1. The lowest BCUT2D eigenvalue weighted by Crippen LogP contribution is -2.33. The van der Waals surface area contributed by atoms with Crippen LogP contribution < -0.4 is 5.32 Å². The molecule has 0 aliphatic carbocycles. The van der Waals surface area contributed by atoms with Crippen molar-refractivity contribution in [1.29, 1.82) is 0 Å². The second-order valence-corrected chi connectivity index (χ2v) is 7.57. The normalized spacial score (nSPS) is 11.6. The molecular weight excluding hydrogens is 343 g/mol. The van der Waals surface area contributed by atoms with E-state index in [-0.39, 0.29) is 6.16 Å². The molecule has 0 saturated heterocycles. The molecule has 0 aliphatic heterocycles. The summed E-state index contributed by atoms with van der Waals surface area (Å²) in [7, 11) is -0.510. The number of fused-ring (bicyclic) bond motifs is 1. The molecule has 0 amide bonds. The Morgan fingerprint density at radius 1 is 1.36 bits per heavy atom. The van der Waals surface area contributed by atoms with Crippen molar-refractivity contribution < 1.29 is 14.4 Å². The number of benzene rings is 1. The van der Waals surface area contributed by atoms with Crippen LogP contribution in [-0.4, -0.2) is 43.9 Å². The molecule has 120 valence electrons. The van der Waals surface area contributed by atoms with Crippen molar-refractivity contribution in [2.75, 3.05) is 14.1 Å². The zero-order valence-corrected chi connectivity index (χ0v) is 14.6. The average molecular weight is 360 g/mol. The van der Waals surface area contributed by atoms with E-state index in [1.807, 2.05) is 20.2 Å². The molecule has 7 nitrogen and oxygen atoms in total. The predicted octanol–water partition coefficient (Wildman–Crippen LogP) is 1.84. The first kappa shape index (κ1) is 17.1. The minimum atomic E-state index is -4.18. The first-order chi connectivity index (χ1) is 10.2. The van der Waals surface area contributed by atoms with Crippen LogP contribution in [0.1, 0.15) is 11.1 Å². The summed E-state index contributed by atoms with van der Waals surface area (Å²) in [5.41, 5.74) is 2.70. The van der Waals surface area contributed by atoms with E-state index in [1.54, 1.807) is 11.0 Å². The Labute approximate surface area is 137 Å². The number of aromatic nitrogens is 2. The minimum Gasteiger partial charge on any atom is -0.359 e. The van der Waals surface area contributed by atoms with E-state index < -0.39 is 7.60 Å². The second-order valence-electron chi connectivity index (χ2n) is 5.13. The van der Waals surface area contributed by atoms with Gasteiger partial charge >= 0.3 is 7.60 Å². The van der Waals surface area contributed by atoms with Crippen LogP contribution in [-0.2, 0) is 17.3 Å². The number of thiocarbonyl (C=S) groups is 1. The van der Waals surface area contributed by atoms with Crippen molar-refractivity contribution in [3.8, 4) is 0 Å². The maximum absolute atomic E-state index is 11.3. The van der Waals surface area contributed by atoms with Gasteiger partial charge in [-0.2, -0.15) is 0 Å². The van der Waals surface area contributed by atoms with Crippen molar-refractivity contribution in [3.63, 3.8) is 0 Å². The van der Waals surface area contributed by atoms with Crippen molar-refractivity contribution in [1.82, 2.24) is 20.2 Å². The number of hydrogen-bond acceptors (Lipinski definition) is 3. The summed E-state index contributed by atoms with van der Waals surface area (Å²) in [6.45, 7) is 0.451. The Kier molecular flexibility index (Phi) is 5.03.